The summed E-state index contributed by atoms with van der Waals surface area (Å²) in [7, 11) is 3.02. The molecule has 0 spiro atoms. The van der Waals surface area contributed by atoms with E-state index in [1.54, 1.807) is 37.6 Å². The summed E-state index contributed by atoms with van der Waals surface area (Å²) in [6.45, 7) is 0. The number of Topliss-reactive ketones (excluding diaryl/α,β-unsaturated/α-hetero) is 2. The lowest BCUT2D eigenvalue weighted by Crippen LogP contribution is -2.27. The van der Waals surface area contributed by atoms with Crippen LogP contribution in [-0.2, 0) is 16.0 Å². The van der Waals surface area contributed by atoms with Gasteiger partial charge in [0.15, 0.2) is 28.8 Å². The minimum absolute atomic E-state index is 0.000835. The SMILES string of the molecule is COc1cc2c(Oc3ccc(CC(=O)C4(C(=O)CC5CC5)CC4)cc3OC)ccnc2cc1O. The van der Waals surface area contributed by atoms with E-state index >= 15 is 0 Å². The predicted molar refractivity (Wildman–Crippen MR) is 126 cm³/mol. The van der Waals surface area contributed by atoms with Gasteiger partial charge in [0.25, 0.3) is 0 Å². The van der Waals surface area contributed by atoms with E-state index in [1.807, 2.05) is 6.07 Å². The molecule has 0 radical (unpaired) electrons. The van der Waals surface area contributed by atoms with Crippen molar-refractivity contribution in [2.45, 2.75) is 38.5 Å². The summed E-state index contributed by atoms with van der Waals surface area (Å²) >= 11 is 0. The zero-order chi connectivity index (χ0) is 23.9. The number of carbonyl (C=O) groups is 2. The molecule has 0 saturated heterocycles. The number of carbonyl (C=O) groups excluding carboxylic acids is 2. The van der Waals surface area contributed by atoms with E-state index in [4.69, 9.17) is 14.2 Å². The second-order valence-corrected chi connectivity index (χ2v) is 9.19. The fraction of sp³-hybridized carbons (Fsp3) is 0.370. The normalized spacial score (nSPS) is 16.2. The first-order valence-corrected chi connectivity index (χ1v) is 11.5. The zero-order valence-electron chi connectivity index (χ0n) is 19.3. The fourth-order valence-corrected chi connectivity index (χ4v) is 4.39. The lowest BCUT2D eigenvalue weighted by molar-refractivity contribution is -0.134. The van der Waals surface area contributed by atoms with Crippen molar-refractivity contribution in [1.29, 1.82) is 0 Å². The first-order valence-electron chi connectivity index (χ1n) is 11.5. The van der Waals surface area contributed by atoms with E-state index in [2.05, 4.69) is 4.98 Å². The highest BCUT2D eigenvalue weighted by Crippen LogP contribution is 2.51. The number of hydrogen-bond acceptors (Lipinski definition) is 7. The molecule has 2 fully saturated rings. The molecule has 176 valence electrons. The van der Waals surface area contributed by atoms with Crippen LogP contribution in [0.1, 0.15) is 37.7 Å². The molecule has 2 saturated carbocycles. The van der Waals surface area contributed by atoms with Gasteiger partial charge in [-0.2, -0.15) is 0 Å². The number of nitrogens with zero attached hydrogens (tertiary/aromatic N) is 1. The monoisotopic (exact) mass is 461 g/mol. The van der Waals surface area contributed by atoms with Gasteiger partial charge in [0, 0.05) is 30.5 Å². The summed E-state index contributed by atoms with van der Waals surface area (Å²) in [6, 6.07) is 10.3. The van der Waals surface area contributed by atoms with Gasteiger partial charge in [-0.25, -0.2) is 0 Å². The van der Waals surface area contributed by atoms with Crippen molar-refractivity contribution in [3.05, 3.63) is 48.2 Å². The quantitative estimate of drug-likeness (QED) is 0.424. The van der Waals surface area contributed by atoms with Crippen LogP contribution in [0, 0.1) is 11.3 Å². The topological polar surface area (TPSA) is 95.0 Å². The van der Waals surface area contributed by atoms with Crippen molar-refractivity contribution in [3.8, 4) is 28.7 Å². The van der Waals surface area contributed by atoms with Crippen LogP contribution < -0.4 is 14.2 Å². The average Bonchev–Trinajstić information content (AvgIpc) is 3.75. The predicted octanol–water partition coefficient (Wildman–Crippen LogP) is 5.01. The van der Waals surface area contributed by atoms with Gasteiger partial charge < -0.3 is 19.3 Å². The molecule has 0 bridgehead atoms. The minimum Gasteiger partial charge on any atom is -0.504 e. The molecule has 3 aromatic rings. The minimum atomic E-state index is -0.758. The number of ether oxygens (including phenoxy) is 3. The van der Waals surface area contributed by atoms with Crippen molar-refractivity contribution >= 4 is 22.5 Å². The summed E-state index contributed by atoms with van der Waals surface area (Å²) in [5.41, 5.74) is 0.583. The number of ketones is 2. The van der Waals surface area contributed by atoms with E-state index in [0.717, 1.165) is 18.4 Å². The number of aromatic nitrogens is 1. The van der Waals surface area contributed by atoms with Crippen LogP contribution >= 0.6 is 0 Å². The smallest absolute Gasteiger partial charge is 0.169 e. The van der Waals surface area contributed by atoms with Crippen molar-refractivity contribution in [2.24, 2.45) is 11.3 Å². The maximum Gasteiger partial charge on any atom is 0.169 e. The molecule has 0 atom stereocenters. The summed E-state index contributed by atoms with van der Waals surface area (Å²) < 4.78 is 16.9. The highest BCUT2D eigenvalue weighted by Gasteiger charge is 2.55. The van der Waals surface area contributed by atoms with Gasteiger partial charge in [0.1, 0.15) is 11.5 Å². The Morgan fingerprint density at radius 2 is 1.74 bits per heavy atom. The van der Waals surface area contributed by atoms with E-state index < -0.39 is 5.41 Å². The van der Waals surface area contributed by atoms with E-state index in [-0.39, 0.29) is 23.7 Å². The van der Waals surface area contributed by atoms with Crippen molar-refractivity contribution in [2.75, 3.05) is 14.2 Å². The number of fused-ring (bicyclic) bond motifs is 1. The molecule has 2 aromatic carbocycles. The number of benzene rings is 2. The number of rotatable bonds is 10. The largest absolute Gasteiger partial charge is 0.504 e. The maximum atomic E-state index is 13.0. The van der Waals surface area contributed by atoms with Crippen molar-refractivity contribution in [1.82, 2.24) is 4.98 Å². The highest BCUT2D eigenvalue weighted by atomic mass is 16.5. The molecule has 34 heavy (non-hydrogen) atoms. The Morgan fingerprint density at radius 1 is 0.971 bits per heavy atom. The Bertz CT molecular complexity index is 1280. The molecule has 7 nitrogen and oxygen atoms in total. The Kier molecular flexibility index (Phi) is 5.63. The standard InChI is InChI=1S/C27H27NO6/c1-32-23-14-18-19(15-20(23)29)28-10-7-21(18)34-22-6-5-17(11-24(22)33-2)13-26(31)27(8-9-27)25(30)12-16-3-4-16/h5-7,10-11,14-16,29H,3-4,8-9,12-13H2,1-2H3. The first kappa shape index (κ1) is 22.2. The Balaban J connectivity index is 1.36. The molecule has 1 N–H and O–H groups in total. The van der Waals surface area contributed by atoms with Gasteiger partial charge in [0.05, 0.1) is 25.2 Å². The molecule has 0 unspecified atom stereocenters. The van der Waals surface area contributed by atoms with Crippen LogP contribution in [0.5, 0.6) is 28.7 Å². The van der Waals surface area contributed by atoms with Gasteiger partial charge in [0.2, 0.25) is 0 Å². The molecule has 0 amide bonds. The van der Waals surface area contributed by atoms with Crippen molar-refractivity contribution < 1.29 is 28.9 Å². The summed E-state index contributed by atoms with van der Waals surface area (Å²) in [6.07, 6.45) is 5.89. The number of hydrogen-bond donors (Lipinski definition) is 1. The first-order chi connectivity index (χ1) is 16.4. The molecule has 7 heteroatoms. The number of phenolic OH excluding ortho intramolecular Hbond substituents is 1. The summed E-state index contributed by atoms with van der Waals surface area (Å²) in [5, 5.41) is 10.7. The summed E-state index contributed by atoms with van der Waals surface area (Å²) in [5.74, 6) is 2.40. The molecule has 2 aliphatic rings. The van der Waals surface area contributed by atoms with E-state index in [0.29, 0.717) is 59.1 Å². The van der Waals surface area contributed by atoms with Gasteiger partial charge in [-0.05, 0) is 61.4 Å². The lowest BCUT2D eigenvalue weighted by Gasteiger charge is -2.15. The van der Waals surface area contributed by atoms with Crippen LogP contribution in [0.25, 0.3) is 10.9 Å². The third-order valence-electron chi connectivity index (χ3n) is 6.80. The third-order valence-corrected chi connectivity index (χ3v) is 6.80. The van der Waals surface area contributed by atoms with Crippen LogP contribution in [0.3, 0.4) is 0 Å². The van der Waals surface area contributed by atoms with Crippen LogP contribution in [-0.4, -0.2) is 35.9 Å². The number of phenols is 1. The van der Waals surface area contributed by atoms with Gasteiger partial charge in [-0.1, -0.05) is 6.07 Å². The number of aromatic hydroxyl groups is 1. The maximum absolute atomic E-state index is 13.0. The highest BCUT2D eigenvalue weighted by molar-refractivity contribution is 6.10. The second kappa shape index (κ2) is 8.63. The van der Waals surface area contributed by atoms with Crippen LogP contribution in [0.4, 0.5) is 0 Å². The number of methoxy groups -OCH3 is 2. The molecule has 1 heterocycles. The van der Waals surface area contributed by atoms with E-state index in [9.17, 15) is 14.7 Å². The van der Waals surface area contributed by atoms with Crippen LogP contribution in [0.15, 0.2) is 42.6 Å². The van der Waals surface area contributed by atoms with Gasteiger partial charge in [-0.3, -0.25) is 14.6 Å². The van der Waals surface area contributed by atoms with Gasteiger partial charge in [-0.15, -0.1) is 0 Å². The lowest BCUT2D eigenvalue weighted by atomic mass is 9.88. The molecular formula is C27H27NO6. The average molecular weight is 462 g/mol. The summed E-state index contributed by atoms with van der Waals surface area (Å²) in [4.78, 5) is 30.0. The zero-order valence-corrected chi connectivity index (χ0v) is 19.3. The molecule has 1 aromatic heterocycles. The van der Waals surface area contributed by atoms with Gasteiger partial charge >= 0.3 is 0 Å². The molecule has 2 aliphatic carbocycles. The Labute approximate surface area is 197 Å². The number of pyridine rings is 1. The van der Waals surface area contributed by atoms with E-state index in [1.165, 1.54) is 13.2 Å². The Hall–Kier alpha value is -3.61. The van der Waals surface area contributed by atoms with Crippen molar-refractivity contribution in [3.63, 3.8) is 0 Å². The second-order valence-electron chi connectivity index (χ2n) is 9.19. The molecule has 5 rings (SSSR count). The van der Waals surface area contributed by atoms with Crippen LogP contribution in [0.2, 0.25) is 0 Å². The molecular weight excluding hydrogens is 434 g/mol. The molecule has 0 aliphatic heterocycles. The third kappa shape index (κ3) is 4.18. The Morgan fingerprint density at radius 3 is 2.41 bits per heavy atom. The fourth-order valence-electron chi connectivity index (χ4n) is 4.39.